The van der Waals surface area contributed by atoms with E-state index in [0.717, 1.165) is 19.1 Å². The Bertz CT molecular complexity index is 368. The Hall–Kier alpha value is -0.940. The first-order valence-corrected chi connectivity index (χ1v) is 8.42. The Morgan fingerprint density at radius 2 is 1.74 bits per heavy atom. The first kappa shape index (κ1) is 22.1. The van der Waals surface area contributed by atoms with Crippen molar-refractivity contribution in [2.45, 2.75) is 91.6 Å². The lowest BCUT2D eigenvalue weighted by molar-refractivity contribution is -0.213. The second-order valence-electron chi connectivity index (χ2n) is 7.91. The third-order valence-electron chi connectivity index (χ3n) is 3.43. The van der Waals surface area contributed by atoms with Gasteiger partial charge in [0.05, 0.1) is 12.5 Å². The van der Waals surface area contributed by atoms with Crippen LogP contribution in [0.5, 0.6) is 0 Å². The van der Waals surface area contributed by atoms with E-state index in [-0.39, 0.29) is 18.3 Å². The van der Waals surface area contributed by atoms with Crippen molar-refractivity contribution in [1.29, 1.82) is 0 Å². The smallest absolute Gasteiger partial charge is 0.308 e. The zero-order valence-corrected chi connectivity index (χ0v) is 15.7. The molecule has 23 heavy (non-hydrogen) atoms. The third kappa shape index (κ3) is 12.2. The predicted molar refractivity (Wildman–Crippen MR) is 89.9 cm³/mol. The van der Waals surface area contributed by atoms with Crippen LogP contribution in [0.1, 0.15) is 74.1 Å². The SMILES string of the molecule is CC(C)CCC(C)(C)OC(=O)CC(CC(C)C=O)OC(C)(C)O. The molecule has 1 N–H and O–H groups in total. The molecular formula is C18H34O5. The van der Waals surface area contributed by atoms with Crippen molar-refractivity contribution in [3.8, 4) is 0 Å². The van der Waals surface area contributed by atoms with Crippen LogP contribution in [0.4, 0.5) is 0 Å². The monoisotopic (exact) mass is 330 g/mol. The highest BCUT2D eigenvalue weighted by atomic mass is 16.6. The van der Waals surface area contributed by atoms with Crippen molar-refractivity contribution < 1.29 is 24.2 Å². The number of aldehydes is 1. The van der Waals surface area contributed by atoms with E-state index in [0.29, 0.717) is 12.3 Å². The van der Waals surface area contributed by atoms with E-state index in [1.807, 2.05) is 13.8 Å². The molecule has 5 heteroatoms. The fourth-order valence-corrected chi connectivity index (χ4v) is 2.27. The summed E-state index contributed by atoms with van der Waals surface area (Å²) >= 11 is 0. The Balaban J connectivity index is 4.65. The van der Waals surface area contributed by atoms with Crippen LogP contribution in [-0.2, 0) is 19.1 Å². The van der Waals surface area contributed by atoms with Crippen LogP contribution in [0.15, 0.2) is 0 Å². The number of hydrogen-bond donors (Lipinski definition) is 1. The number of ether oxygens (including phenoxy) is 2. The van der Waals surface area contributed by atoms with Crippen LogP contribution in [0.3, 0.4) is 0 Å². The molecule has 2 unspecified atom stereocenters. The number of esters is 1. The largest absolute Gasteiger partial charge is 0.460 e. The maximum absolute atomic E-state index is 12.2. The van der Waals surface area contributed by atoms with Gasteiger partial charge in [0.1, 0.15) is 11.9 Å². The average molecular weight is 330 g/mol. The predicted octanol–water partition coefficient (Wildman–Crippen LogP) is 3.47. The van der Waals surface area contributed by atoms with E-state index in [2.05, 4.69) is 13.8 Å². The number of rotatable bonds is 11. The summed E-state index contributed by atoms with van der Waals surface area (Å²) in [6, 6.07) is 0. The Labute approximate surface area is 140 Å². The molecule has 136 valence electrons. The second-order valence-corrected chi connectivity index (χ2v) is 7.91. The summed E-state index contributed by atoms with van der Waals surface area (Å²) in [6.45, 7) is 12.8. The van der Waals surface area contributed by atoms with Gasteiger partial charge < -0.3 is 19.4 Å². The molecule has 0 heterocycles. The molecule has 5 nitrogen and oxygen atoms in total. The van der Waals surface area contributed by atoms with Crippen LogP contribution in [-0.4, -0.2) is 34.9 Å². The molecule has 0 aromatic carbocycles. The Morgan fingerprint density at radius 3 is 2.17 bits per heavy atom. The minimum absolute atomic E-state index is 0.0211. The van der Waals surface area contributed by atoms with Crippen LogP contribution in [0.2, 0.25) is 0 Å². The van der Waals surface area contributed by atoms with Crippen molar-refractivity contribution in [2.24, 2.45) is 11.8 Å². The van der Waals surface area contributed by atoms with Gasteiger partial charge >= 0.3 is 5.97 Å². The standard InChI is InChI=1S/C18H34O5/c1-13(2)8-9-17(4,5)23-16(20)11-15(10-14(3)12-19)22-18(6,7)21/h12-15,21H,8-11H2,1-7H3. The van der Waals surface area contributed by atoms with Gasteiger partial charge in [-0.05, 0) is 52.9 Å². The highest BCUT2D eigenvalue weighted by Crippen LogP contribution is 2.23. The van der Waals surface area contributed by atoms with Gasteiger partial charge in [0, 0.05) is 5.92 Å². The molecule has 0 aliphatic carbocycles. The highest BCUT2D eigenvalue weighted by Gasteiger charge is 2.28. The Kier molecular flexibility index (Phi) is 9.00. The fourth-order valence-electron chi connectivity index (χ4n) is 2.27. The van der Waals surface area contributed by atoms with E-state index in [1.54, 1.807) is 6.92 Å². The molecule has 0 spiro atoms. The van der Waals surface area contributed by atoms with Crippen LogP contribution in [0, 0.1) is 11.8 Å². The van der Waals surface area contributed by atoms with E-state index >= 15 is 0 Å². The van der Waals surface area contributed by atoms with E-state index in [9.17, 15) is 14.7 Å². The summed E-state index contributed by atoms with van der Waals surface area (Å²) < 4.78 is 11.0. The van der Waals surface area contributed by atoms with Gasteiger partial charge in [0.2, 0.25) is 0 Å². The lowest BCUT2D eigenvalue weighted by atomic mass is 9.96. The van der Waals surface area contributed by atoms with Crippen molar-refractivity contribution >= 4 is 12.3 Å². The first-order valence-electron chi connectivity index (χ1n) is 8.42. The van der Waals surface area contributed by atoms with E-state index in [1.165, 1.54) is 13.8 Å². The summed E-state index contributed by atoms with van der Waals surface area (Å²) in [5, 5.41) is 9.80. The van der Waals surface area contributed by atoms with Crippen LogP contribution < -0.4 is 0 Å². The quantitative estimate of drug-likeness (QED) is 0.357. The number of aliphatic hydroxyl groups is 1. The number of carbonyl (C=O) groups is 2. The molecule has 0 rings (SSSR count). The summed E-state index contributed by atoms with van der Waals surface area (Å²) in [5.74, 6) is -1.43. The van der Waals surface area contributed by atoms with Gasteiger partial charge in [-0.2, -0.15) is 0 Å². The first-order chi connectivity index (χ1) is 10.3. The molecule has 2 atom stereocenters. The van der Waals surface area contributed by atoms with E-state index in [4.69, 9.17) is 9.47 Å². The van der Waals surface area contributed by atoms with Gasteiger partial charge in [0.25, 0.3) is 0 Å². The topological polar surface area (TPSA) is 72.8 Å². The molecule has 0 aromatic rings. The Morgan fingerprint density at radius 1 is 1.17 bits per heavy atom. The molecule has 0 aromatic heterocycles. The van der Waals surface area contributed by atoms with Crippen molar-refractivity contribution in [3.63, 3.8) is 0 Å². The zero-order chi connectivity index (χ0) is 18.3. The zero-order valence-electron chi connectivity index (χ0n) is 15.7. The second kappa shape index (κ2) is 9.38. The summed E-state index contributed by atoms with van der Waals surface area (Å²) in [7, 11) is 0. The van der Waals surface area contributed by atoms with Gasteiger partial charge in [-0.1, -0.05) is 20.8 Å². The molecule has 0 amide bonds. The minimum Gasteiger partial charge on any atom is -0.460 e. The van der Waals surface area contributed by atoms with Crippen molar-refractivity contribution in [1.82, 2.24) is 0 Å². The molecule has 0 aliphatic rings. The van der Waals surface area contributed by atoms with Crippen molar-refractivity contribution in [2.75, 3.05) is 0 Å². The third-order valence-corrected chi connectivity index (χ3v) is 3.43. The summed E-state index contributed by atoms with van der Waals surface area (Å²) in [5.41, 5.74) is -0.531. The van der Waals surface area contributed by atoms with Crippen LogP contribution >= 0.6 is 0 Å². The fraction of sp³-hybridized carbons (Fsp3) is 0.889. The molecular weight excluding hydrogens is 296 g/mol. The van der Waals surface area contributed by atoms with Gasteiger partial charge in [0.15, 0.2) is 5.79 Å². The molecule has 0 saturated heterocycles. The normalized spacial score (nSPS) is 15.3. The average Bonchev–Trinajstić information content (AvgIpc) is 2.33. The molecule has 0 fully saturated rings. The maximum Gasteiger partial charge on any atom is 0.308 e. The highest BCUT2D eigenvalue weighted by molar-refractivity contribution is 5.70. The lowest BCUT2D eigenvalue weighted by Gasteiger charge is -2.29. The van der Waals surface area contributed by atoms with Crippen molar-refractivity contribution in [3.05, 3.63) is 0 Å². The summed E-state index contributed by atoms with van der Waals surface area (Å²) in [6.07, 6.45) is 2.43. The summed E-state index contributed by atoms with van der Waals surface area (Å²) in [4.78, 5) is 23.0. The number of hydrogen-bond acceptors (Lipinski definition) is 5. The minimum atomic E-state index is -1.36. The maximum atomic E-state index is 12.2. The lowest BCUT2D eigenvalue weighted by Crippen LogP contribution is -2.35. The molecule has 0 radical (unpaired) electrons. The number of carbonyl (C=O) groups excluding carboxylic acids is 2. The van der Waals surface area contributed by atoms with Crippen LogP contribution in [0.25, 0.3) is 0 Å². The molecule has 0 aliphatic heterocycles. The van der Waals surface area contributed by atoms with E-state index < -0.39 is 17.5 Å². The van der Waals surface area contributed by atoms with Gasteiger partial charge in [-0.25, -0.2) is 0 Å². The van der Waals surface area contributed by atoms with Gasteiger partial charge in [-0.15, -0.1) is 0 Å². The van der Waals surface area contributed by atoms with Gasteiger partial charge in [-0.3, -0.25) is 4.79 Å². The molecule has 0 saturated carbocycles. The molecule has 0 bridgehead atoms.